The number of sulfonamides is 1. The summed E-state index contributed by atoms with van der Waals surface area (Å²) in [4.78, 5) is 11.3. The number of carboxylic acids is 1. The van der Waals surface area contributed by atoms with Crippen LogP contribution in [-0.4, -0.2) is 41.5 Å². The van der Waals surface area contributed by atoms with Crippen LogP contribution < -0.4 is 0 Å². The maximum atomic E-state index is 12.7. The number of nitrogens with zero attached hydrogens (tertiary/aromatic N) is 2. The number of hydrogen-bond donors (Lipinski definition) is 1. The Hall–Kier alpha value is -1.34. The zero-order valence-corrected chi connectivity index (χ0v) is 13.3. The molecule has 1 fully saturated rings. The minimum atomic E-state index is -3.61. The number of rotatable bonds is 8. The van der Waals surface area contributed by atoms with Crippen LogP contribution in [0.2, 0.25) is 0 Å². The molecule has 0 amide bonds. The SMILES string of the molecule is CCCN(CC1CC1)S(=O)(=O)c1cc(C(=O)O)n(CC)c1. The molecule has 1 aromatic rings. The molecule has 6 nitrogen and oxygen atoms in total. The molecule has 2 rings (SSSR count). The maximum Gasteiger partial charge on any atom is 0.352 e. The molecule has 7 heteroatoms. The van der Waals surface area contributed by atoms with Crippen LogP contribution in [0.15, 0.2) is 17.2 Å². The van der Waals surface area contributed by atoms with Crippen molar-refractivity contribution in [3.63, 3.8) is 0 Å². The smallest absolute Gasteiger partial charge is 0.352 e. The van der Waals surface area contributed by atoms with Crippen LogP contribution in [-0.2, 0) is 16.6 Å². The number of aromatic carboxylic acids is 1. The third-order valence-corrected chi connectivity index (χ3v) is 5.53. The minimum absolute atomic E-state index is 0.0129. The fourth-order valence-corrected chi connectivity index (χ4v) is 4.01. The molecule has 0 saturated heterocycles. The standard InChI is InChI=1S/C14H22N2O4S/c1-3-7-16(9-11-5-6-11)21(19,20)12-8-13(14(17)18)15(4-2)10-12/h8,10-11H,3-7,9H2,1-2H3,(H,17,18). The van der Waals surface area contributed by atoms with Gasteiger partial charge in [0.05, 0.1) is 0 Å². The molecule has 0 unspecified atom stereocenters. The van der Waals surface area contributed by atoms with E-state index in [1.807, 2.05) is 6.92 Å². The van der Waals surface area contributed by atoms with Crippen molar-refractivity contribution >= 4 is 16.0 Å². The third-order valence-electron chi connectivity index (χ3n) is 3.70. The average molecular weight is 314 g/mol. The lowest BCUT2D eigenvalue weighted by Crippen LogP contribution is -2.33. The van der Waals surface area contributed by atoms with Gasteiger partial charge in [0.1, 0.15) is 10.6 Å². The summed E-state index contributed by atoms with van der Waals surface area (Å²) in [5.74, 6) is -0.652. The average Bonchev–Trinajstić information content (AvgIpc) is 3.12. The summed E-state index contributed by atoms with van der Waals surface area (Å²) >= 11 is 0. The summed E-state index contributed by atoms with van der Waals surface area (Å²) in [6, 6.07) is 1.26. The minimum Gasteiger partial charge on any atom is -0.477 e. The predicted molar refractivity (Wildman–Crippen MR) is 78.8 cm³/mol. The van der Waals surface area contributed by atoms with E-state index in [4.69, 9.17) is 5.11 Å². The second kappa shape index (κ2) is 6.19. The fourth-order valence-electron chi connectivity index (χ4n) is 2.36. The third kappa shape index (κ3) is 3.47. The Morgan fingerprint density at radius 3 is 2.52 bits per heavy atom. The molecule has 1 N–H and O–H groups in total. The molecule has 1 saturated carbocycles. The fraction of sp³-hybridized carbons (Fsp3) is 0.643. The molecule has 0 bridgehead atoms. The van der Waals surface area contributed by atoms with E-state index in [1.54, 1.807) is 6.92 Å². The molecule has 0 spiro atoms. The van der Waals surface area contributed by atoms with E-state index in [-0.39, 0.29) is 10.6 Å². The molecule has 0 radical (unpaired) electrons. The molecule has 118 valence electrons. The number of carbonyl (C=O) groups is 1. The van der Waals surface area contributed by atoms with Crippen molar-refractivity contribution < 1.29 is 18.3 Å². The van der Waals surface area contributed by atoms with Gasteiger partial charge < -0.3 is 9.67 Å². The van der Waals surface area contributed by atoms with Crippen LogP contribution >= 0.6 is 0 Å². The van der Waals surface area contributed by atoms with Gasteiger partial charge in [0.15, 0.2) is 0 Å². The molecule has 1 aliphatic carbocycles. The Bertz CT molecular complexity index is 617. The van der Waals surface area contributed by atoms with Gasteiger partial charge in [-0.05, 0) is 38.2 Å². The molecule has 1 aliphatic rings. The molecule has 0 aromatic carbocycles. The molecule has 1 aromatic heterocycles. The van der Waals surface area contributed by atoms with Crippen LogP contribution in [0.3, 0.4) is 0 Å². The Kier molecular flexibility index (Phi) is 4.73. The molecular weight excluding hydrogens is 292 g/mol. The summed E-state index contributed by atoms with van der Waals surface area (Å²) in [6.07, 6.45) is 4.32. The zero-order chi connectivity index (χ0) is 15.6. The van der Waals surface area contributed by atoms with Gasteiger partial charge in [-0.15, -0.1) is 0 Å². The molecule has 21 heavy (non-hydrogen) atoms. The number of aryl methyl sites for hydroxylation is 1. The molecule has 0 aliphatic heterocycles. The second-order valence-corrected chi connectivity index (χ2v) is 7.40. The van der Waals surface area contributed by atoms with E-state index in [9.17, 15) is 13.2 Å². The largest absolute Gasteiger partial charge is 0.477 e. The number of carboxylic acid groups (broad SMARTS) is 1. The Balaban J connectivity index is 2.34. The predicted octanol–water partition coefficient (Wildman–Crippen LogP) is 2.02. The first-order valence-electron chi connectivity index (χ1n) is 7.33. The molecule has 0 atom stereocenters. The van der Waals surface area contributed by atoms with Gasteiger partial charge in [-0.25, -0.2) is 13.2 Å². The van der Waals surface area contributed by atoms with E-state index in [2.05, 4.69) is 0 Å². The van der Waals surface area contributed by atoms with E-state index in [1.165, 1.54) is 21.1 Å². The molecule has 1 heterocycles. The maximum absolute atomic E-state index is 12.7. The monoisotopic (exact) mass is 314 g/mol. The van der Waals surface area contributed by atoms with Gasteiger partial charge in [0, 0.05) is 25.8 Å². The molecular formula is C14H22N2O4S. The first kappa shape index (κ1) is 16.0. The van der Waals surface area contributed by atoms with Crippen LogP contribution in [0.4, 0.5) is 0 Å². The van der Waals surface area contributed by atoms with Crippen molar-refractivity contribution in [1.82, 2.24) is 8.87 Å². The highest BCUT2D eigenvalue weighted by Gasteiger charge is 2.32. The Labute approximate surface area is 125 Å². The number of hydrogen-bond acceptors (Lipinski definition) is 3. The summed E-state index contributed by atoms with van der Waals surface area (Å²) < 4.78 is 28.4. The first-order valence-corrected chi connectivity index (χ1v) is 8.77. The van der Waals surface area contributed by atoms with E-state index < -0.39 is 16.0 Å². The Morgan fingerprint density at radius 1 is 1.43 bits per heavy atom. The summed E-state index contributed by atoms with van der Waals surface area (Å²) in [5.41, 5.74) is 0.0129. The highest BCUT2D eigenvalue weighted by molar-refractivity contribution is 7.89. The van der Waals surface area contributed by atoms with Crippen LogP contribution in [0.1, 0.15) is 43.6 Å². The Morgan fingerprint density at radius 2 is 2.10 bits per heavy atom. The van der Waals surface area contributed by atoms with E-state index in [0.717, 1.165) is 19.3 Å². The van der Waals surface area contributed by atoms with E-state index >= 15 is 0 Å². The lowest BCUT2D eigenvalue weighted by atomic mass is 10.4. The normalized spacial score (nSPS) is 15.6. The van der Waals surface area contributed by atoms with Crippen molar-refractivity contribution in [1.29, 1.82) is 0 Å². The van der Waals surface area contributed by atoms with Crippen LogP contribution in [0.5, 0.6) is 0 Å². The van der Waals surface area contributed by atoms with Crippen molar-refractivity contribution in [2.45, 2.75) is 44.6 Å². The van der Waals surface area contributed by atoms with Crippen LogP contribution in [0, 0.1) is 5.92 Å². The zero-order valence-electron chi connectivity index (χ0n) is 12.4. The highest BCUT2D eigenvalue weighted by atomic mass is 32.2. The second-order valence-electron chi connectivity index (χ2n) is 5.46. The van der Waals surface area contributed by atoms with E-state index in [0.29, 0.717) is 25.6 Å². The quantitative estimate of drug-likeness (QED) is 0.796. The van der Waals surface area contributed by atoms with Gasteiger partial charge in [0.2, 0.25) is 10.0 Å². The van der Waals surface area contributed by atoms with Gasteiger partial charge in [-0.2, -0.15) is 4.31 Å². The summed E-state index contributed by atoms with van der Waals surface area (Å²) in [6.45, 7) is 5.16. The van der Waals surface area contributed by atoms with Gasteiger partial charge in [-0.3, -0.25) is 0 Å². The van der Waals surface area contributed by atoms with Crippen molar-refractivity contribution in [2.75, 3.05) is 13.1 Å². The van der Waals surface area contributed by atoms with Gasteiger partial charge in [0.25, 0.3) is 0 Å². The van der Waals surface area contributed by atoms with Gasteiger partial charge >= 0.3 is 5.97 Å². The topological polar surface area (TPSA) is 79.6 Å². The lowest BCUT2D eigenvalue weighted by Gasteiger charge is -2.20. The first-order chi connectivity index (χ1) is 9.90. The lowest BCUT2D eigenvalue weighted by molar-refractivity contribution is 0.0685. The number of aromatic nitrogens is 1. The summed E-state index contributed by atoms with van der Waals surface area (Å²) in [7, 11) is -3.61. The van der Waals surface area contributed by atoms with Crippen molar-refractivity contribution in [3.05, 3.63) is 18.0 Å². The van der Waals surface area contributed by atoms with Crippen molar-refractivity contribution in [3.8, 4) is 0 Å². The highest BCUT2D eigenvalue weighted by Crippen LogP contribution is 2.32. The summed E-state index contributed by atoms with van der Waals surface area (Å²) in [5, 5.41) is 9.14. The van der Waals surface area contributed by atoms with Gasteiger partial charge in [-0.1, -0.05) is 6.92 Å². The van der Waals surface area contributed by atoms with Crippen molar-refractivity contribution in [2.24, 2.45) is 5.92 Å². The van der Waals surface area contributed by atoms with Crippen LogP contribution in [0.25, 0.3) is 0 Å².